The normalized spacial score (nSPS) is 13.5. The SMILES string of the molecule is CCC(NCc1ccc(CSC(F)F)o1)C(C)C. The van der Waals surface area contributed by atoms with Crippen molar-refractivity contribution in [2.45, 2.75) is 51.3 Å². The molecule has 1 aromatic heterocycles. The van der Waals surface area contributed by atoms with Gasteiger partial charge in [-0.15, -0.1) is 0 Å². The van der Waals surface area contributed by atoms with Gasteiger partial charge in [-0.2, -0.15) is 8.78 Å². The summed E-state index contributed by atoms with van der Waals surface area (Å²) in [6, 6.07) is 4.07. The standard InChI is InChI=1S/C13H21F2NOS/c1-4-12(9(2)3)16-7-10-5-6-11(17-10)8-18-13(14)15/h5-6,9,12-13,16H,4,7-8H2,1-3H3. The molecule has 1 atom stereocenters. The van der Waals surface area contributed by atoms with Crippen molar-refractivity contribution in [3.63, 3.8) is 0 Å². The van der Waals surface area contributed by atoms with Gasteiger partial charge in [-0.25, -0.2) is 0 Å². The summed E-state index contributed by atoms with van der Waals surface area (Å²) in [6.07, 6.45) is 1.06. The zero-order valence-electron chi connectivity index (χ0n) is 11.1. The number of hydrogen-bond acceptors (Lipinski definition) is 3. The van der Waals surface area contributed by atoms with Crippen LogP contribution in [-0.4, -0.2) is 11.8 Å². The highest BCUT2D eigenvalue weighted by Gasteiger charge is 2.11. The molecular weight excluding hydrogens is 256 g/mol. The zero-order chi connectivity index (χ0) is 13.5. The number of alkyl halides is 2. The second-order valence-corrected chi connectivity index (χ2v) is 5.56. The van der Waals surface area contributed by atoms with E-state index in [2.05, 4.69) is 26.1 Å². The maximum atomic E-state index is 12.0. The maximum Gasteiger partial charge on any atom is 0.284 e. The molecule has 0 amide bonds. The molecule has 0 saturated carbocycles. The van der Waals surface area contributed by atoms with E-state index in [0.717, 1.165) is 12.2 Å². The third-order valence-corrected chi connectivity index (χ3v) is 3.56. The number of hydrogen-bond donors (Lipinski definition) is 1. The van der Waals surface area contributed by atoms with Crippen LogP contribution in [0.4, 0.5) is 8.78 Å². The number of nitrogens with one attached hydrogen (secondary N) is 1. The lowest BCUT2D eigenvalue weighted by atomic mass is 10.0. The summed E-state index contributed by atoms with van der Waals surface area (Å²) >= 11 is 0.584. The number of rotatable bonds is 8. The predicted molar refractivity (Wildman–Crippen MR) is 71.8 cm³/mol. The highest BCUT2D eigenvalue weighted by Crippen LogP contribution is 2.21. The summed E-state index contributed by atoms with van der Waals surface area (Å²) < 4.78 is 29.5. The van der Waals surface area contributed by atoms with Crippen LogP contribution in [0.3, 0.4) is 0 Å². The van der Waals surface area contributed by atoms with E-state index < -0.39 is 5.76 Å². The molecule has 1 rings (SSSR count). The molecule has 0 aliphatic rings. The molecule has 1 aromatic rings. The van der Waals surface area contributed by atoms with E-state index >= 15 is 0 Å². The van der Waals surface area contributed by atoms with E-state index in [1.807, 2.05) is 6.07 Å². The Hall–Kier alpha value is -0.550. The summed E-state index contributed by atoms with van der Waals surface area (Å²) in [5.74, 6) is -0.145. The van der Waals surface area contributed by atoms with Gasteiger partial charge in [0.15, 0.2) is 0 Å². The molecule has 1 unspecified atom stereocenters. The Kier molecular flexibility index (Phi) is 6.71. The molecule has 18 heavy (non-hydrogen) atoms. The molecule has 0 radical (unpaired) electrons. The lowest BCUT2D eigenvalue weighted by Crippen LogP contribution is -2.32. The van der Waals surface area contributed by atoms with Crippen molar-refractivity contribution in [1.29, 1.82) is 0 Å². The van der Waals surface area contributed by atoms with Crippen molar-refractivity contribution < 1.29 is 13.2 Å². The summed E-state index contributed by atoms with van der Waals surface area (Å²) in [4.78, 5) is 0. The first-order chi connectivity index (χ1) is 8.52. The predicted octanol–water partition coefficient (Wildman–Crippen LogP) is 4.26. The van der Waals surface area contributed by atoms with E-state index in [4.69, 9.17) is 4.42 Å². The Balaban J connectivity index is 2.39. The van der Waals surface area contributed by atoms with Crippen molar-refractivity contribution in [2.75, 3.05) is 0 Å². The van der Waals surface area contributed by atoms with Crippen LogP contribution in [-0.2, 0) is 12.3 Å². The molecule has 0 spiro atoms. The van der Waals surface area contributed by atoms with Crippen molar-refractivity contribution in [3.05, 3.63) is 23.7 Å². The third kappa shape index (κ3) is 5.40. The molecule has 0 bridgehead atoms. The lowest BCUT2D eigenvalue weighted by Gasteiger charge is -2.19. The first-order valence-electron chi connectivity index (χ1n) is 6.23. The summed E-state index contributed by atoms with van der Waals surface area (Å²) in [5, 5.41) is 3.41. The fourth-order valence-electron chi connectivity index (χ4n) is 1.82. The average molecular weight is 277 g/mol. The van der Waals surface area contributed by atoms with Gasteiger partial charge in [-0.3, -0.25) is 0 Å². The zero-order valence-corrected chi connectivity index (χ0v) is 11.9. The molecule has 0 fully saturated rings. The third-order valence-electron chi connectivity index (χ3n) is 2.85. The van der Waals surface area contributed by atoms with Gasteiger partial charge in [0.2, 0.25) is 0 Å². The Morgan fingerprint density at radius 2 is 1.94 bits per heavy atom. The Bertz CT molecular complexity index is 341. The molecule has 1 heterocycles. The second-order valence-electron chi connectivity index (χ2n) is 4.58. The molecule has 0 aliphatic heterocycles. The van der Waals surface area contributed by atoms with Crippen LogP contribution in [0.15, 0.2) is 16.5 Å². The van der Waals surface area contributed by atoms with Crippen LogP contribution in [0.5, 0.6) is 0 Å². The average Bonchev–Trinajstić information content (AvgIpc) is 2.75. The molecule has 0 aromatic carbocycles. The van der Waals surface area contributed by atoms with Gasteiger partial charge in [0.25, 0.3) is 5.76 Å². The van der Waals surface area contributed by atoms with Crippen molar-refractivity contribution in [1.82, 2.24) is 5.32 Å². The fraction of sp³-hybridized carbons (Fsp3) is 0.692. The van der Waals surface area contributed by atoms with Crippen LogP contribution in [0.25, 0.3) is 0 Å². The summed E-state index contributed by atoms with van der Waals surface area (Å²) in [6.45, 7) is 7.14. The minimum atomic E-state index is -2.35. The molecule has 0 saturated heterocycles. The Morgan fingerprint density at radius 3 is 2.50 bits per heavy atom. The van der Waals surface area contributed by atoms with Crippen LogP contribution in [0.2, 0.25) is 0 Å². The van der Waals surface area contributed by atoms with Gasteiger partial charge in [0.05, 0.1) is 12.3 Å². The minimum Gasteiger partial charge on any atom is -0.464 e. The van der Waals surface area contributed by atoms with Crippen molar-refractivity contribution in [3.8, 4) is 0 Å². The van der Waals surface area contributed by atoms with Crippen molar-refractivity contribution >= 4 is 11.8 Å². The van der Waals surface area contributed by atoms with Gasteiger partial charge >= 0.3 is 0 Å². The van der Waals surface area contributed by atoms with Crippen LogP contribution in [0.1, 0.15) is 38.7 Å². The van der Waals surface area contributed by atoms with Gasteiger partial charge < -0.3 is 9.73 Å². The number of halogens is 2. The smallest absolute Gasteiger partial charge is 0.284 e. The molecular formula is C13H21F2NOS. The van der Waals surface area contributed by atoms with Crippen LogP contribution in [0, 0.1) is 5.92 Å². The van der Waals surface area contributed by atoms with E-state index in [1.165, 1.54) is 0 Å². The topological polar surface area (TPSA) is 25.2 Å². The molecule has 2 nitrogen and oxygen atoms in total. The molecule has 104 valence electrons. The highest BCUT2D eigenvalue weighted by atomic mass is 32.2. The highest BCUT2D eigenvalue weighted by molar-refractivity contribution is 7.98. The maximum absolute atomic E-state index is 12.0. The van der Waals surface area contributed by atoms with E-state index in [1.54, 1.807) is 6.07 Å². The number of thioether (sulfide) groups is 1. The van der Waals surface area contributed by atoms with Crippen LogP contribution < -0.4 is 5.32 Å². The lowest BCUT2D eigenvalue weighted by molar-refractivity contribution is 0.251. The molecule has 0 aliphatic carbocycles. The largest absolute Gasteiger partial charge is 0.464 e. The van der Waals surface area contributed by atoms with Gasteiger partial charge in [0, 0.05) is 6.04 Å². The summed E-state index contributed by atoms with van der Waals surface area (Å²) in [5.41, 5.74) is 0. The minimum absolute atomic E-state index is 0.221. The molecule has 5 heteroatoms. The van der Waals surface area contributed by atoms with Gasteiger partial charge in [-0.05, 0) is 24.5 Å². The van der Waals surface area contributed by atoms with E-state index in [0.29, 0.717) is 36.0 Å². The van der Waals surface area contributed by atoms with Crippen LogP contribution >= 0.6 is 11.8 Å². The Morgan fingerprint density at radius 1 is 1.28 bits per heavy atom. The van der Waals surface area contributed by atoms with E-state index in [-0.39, 0.29) is 5.75 Å². The monoisotopic (exact) mass is 277 g/mol. The van der Waals surface area contributed by atoms with E-state index in [9.17, 15) is 8.78 Å². The second kappa shape index (κ2) is 7.79. The Labute approximate surface area is 112 Å². The van der Waals surface area contributed by atoms with Crippen molar-refractivity contribution in [2.24, 2.45) is 5.92 Å². The van der Waals surface area contributed by atoms with Gasteiger partial charge in [-0.1, -0.05) is 32.5 Å². The quantitative estimate of drug-likeness (QED) is 0.768. The molecule has 1 N–H and O–H groups in total. The first kappa shape index (κ1) is 15.5. The summed E-state index contributed by atoms with van der Waals surface area (Å²) in [7, 11) is 0. The fourth-order valence-corrected chi connectivity index (χ4v) is 2.27. The number of furan rings is 1. The van der Waals surface area contributed by atoms with Gasteiger partial charge in [0.1, 0.15) is 11.5 Å². The first-order valence-corrected chi connectivity index (χ1v) is 7.28.